The summed E-state index contributed by atoms with van der Waals surface area (Å²) in [5, 5.41) is 0.532. The summed E-state index contributed by atoms with van der Waals surface area (Å²) in [6, 6.07) is 10.9. The lowest BCUT2D eigenvalue weighted by Gasteiger charge is -2.06. The summed E-state index contributed by atoms with van der Waals surface area (Å²) in [6.45, 7) is 0. The number of benzene rings is 2. The summed E-state index contributed by atoms with van der Waals surface area (Å²) < 4.78 is 12.3. The Bertz CT molecular complexity index is 867. The zero-order valence-electron chi connectivity index (χ0n) is 11.0. The highest BCUT2D eigenvalue weighted by Crippen LogP contribution is 2.29. The van der Waals surface area contributed by atoms with Gasteiger partial charge in [0.25, 0.3) is 0 Å². The smallest absolute Gasteiger partial charge is 0.200 e. The van der Waals surface area contributed by atoms with Crippen molar-refractivity contribution < 1.29 is 9.15 Å². The highest BCUT2D eigenvalue weighted by atomic mass is 79.9. The number of methoxy groups -OCH3 is 1. The van der Waals surface area contributed by atoms with Crippen LogP contribution >= 0.6 is 31.9 Å². The monoisotopic (exact) mass is 408 g/mol. The topological polar surface area (TPSA) is 39.4 Å². The van der Waals surface area contributed by atoms with Crippen molar-refractivity contribution in [2.75, 3.05) is 7.11 Å². The van der Waals surface area contributed by atoms with E-state index in [-0.39, 0.29) is 5.43 Å². The second-order valence-corrected chi connectivity index (χ2v) is 6.24. The van der Waals surface area contributed by atoms with Gasteiger partial charge in [-0.25, -0.2) is 0 Å². The molecule has 3 nitrogen and oxygen atoms in total. The lowest BCUT2D eigenvalue weighted by atomic mass is 10.1. The molecule has 0 spiro atoms. The second-order valence-electron chi connectivity index (χ2n) is 4.47. The van der Waals surface area contributed by atoms with Crippen molar-refractivity contribution in [3.8, 4) is 16.9 Å². The van der Waals surface area contributed by atoms with Gasteiger partial charge in [-0.2, -0.15) is 0 Å². The molecule has 0 aliphatic carbocycles. The van der Waals surface area contributed by atoms with Crippen LogP contribution in [0.4, 0.5) is 0 Å². The quantitative estimate of drug-likeness (QED) is 0.598. The van der Waals surface area contributed by atoms with Gasteiger partial charge in [0.05, 0.1) is 22.5 Å². The van der Waals surface area contributed by atoms with E-state index < -0.39 is 0 Å². The fourth-order valence-electron chi connectivity index (χ4n) is 2.13. The Labute approximate surface area is 137 Å². The third-order valence-electron chi connectivity index (χ3n) is 3.19. The van der Waals surface area contributed by atoms with Gasteiger partial charge in [0.1, 0.15) is 12.0 Å². The van der Waals surface area contributed by atoms with Crippen molar-refractivity contribution in [2.45, 2.75) is 0 Å². The maximum atomic E-state index is 12.7. The van der Waals surface area contributed by atoms with Gasteiger partial charge in [0.15, 0.2) is 5.58 Å². The van der Waals surface area contributed by atoms with Crippen molar-refractivity contribution in [3.05, 3.63) is 61.8 Å². The van der Waals surface area contributed by atoms with E-state index in [1.54, 1.807) is 13.2 Å². The molecule has 0 aliphatic rings. The molecule has 106 valence electrons. The van der Waals surface area contributed by atoms with E-state index in [2.05, 4.69) is 31.9 Å². The highest BCUT2D eigenvalue weighted by Gasteiger charge is 2.12. The number of fused-ring (bicyclic) bond motifs is 1. The van der Waals surface area contributed by atoms with Crippen LogP contribution in [0.2, 0.25) is 0 Å². The molecule has 0 bridgehead atoms. The number of hydrogen-bond acceptors (Lipinski definition) is 3. The molecule has 0 aliphatic heterocycles. The Hall–Kier alpha value is -1.59. The van der Waals surface area contributed by atoms with Crippen LogP contribution in [0.1, 0.15) is 0 Å². The Kier molecular flexibility index (Phi) is 3.87. The van der Waals surface area contributed by atoms with Crippen molar-refractivity contribution in [3.63, 3.8) is 0 Å². The molecule has 5 heteroatoms. The van der Waals surface area contributed by atoms with Gasteiger partial charge < -0.3 is 9.15 Å². The molecule has 0 N–H and O–H groups in total. The van der Waals surface area contributed by atoms with Crippen LogP contribution in [-0.4, -0.2) is 7.11 Å². The van der Waals surface area contributed by atoms with E-state index >= 15 is 0 Å². The van der Waals surface area contributed by atoms with Gasteiger partial charge in [-0.3, -0.25) is 4.79 Å². The predicted molar refractivity (Wildman–Crippen MR) is 89.9 cm³/mol. The Balaban J connectivity index is 2.24. The van der Waals surface area contributed by atoms with Crippen LogP contribution in [0.15, 0.2) is 60.8 Å². The van der Waals surface area contributed by atoms with Crippen LogP contribution in [0.3, 0.4) is 0 Å². The molecule has 3 rings (SSSR count). The van der Waals surface area contributed by atoms with E-state index in [4.69, 9.17) is 9.15 Å². The zero-order chi connectivity index (χ0) is 15.0. The van der Waals surface area contributed by atoms with Crippen LogP contribution < -0.4 is 10.2 Å². The molecule has 0 saturated heterocycles. The van der Waals surface area contributed by atoms with Gasteiger partial charge in [-0.15, -0.1) is 0 Å². The lowest BCUT2D eigenvalue weighted by Crippen LogP contribution is -2.05. The first-order valence-electron chi connectivity index (χ1n) is 6.15. The molecular weight excluding hydrogens is 400 g/mol. The molecule has 3 aromatic rings. The Morgan fingerprint density at radius 3 is 2.48 bits per heavy atom. The SMILES string of the molecule is COc1ccc(-c2coc3c(Br)cc(Br)cc3c2=O)cc1. The average Bonchev–Trinajstić information content (AvgIpc) is 2.48. The standard InChI is InChI=1S/C16H10Br2O3/c1-20-11-4-2-9(3-5-11)13-8-21-16-12(15(13)19)6-10(17)7-14(16)18/h2-8H,1H3. The number of hydrogen-bond donors (Lipinski definition) is 0. The molecule has 0 unspecified atom stereocenters. The van der Waals surface area contributed by atoms with Gasteiger partial charge in [0.2, 0.25) is 5.43 Å². The molecular formula is C16H10Br2O3. The third-order valence-corrected chi connectivity index (χ3v) is 4.24. The summed E-state index contributed by atoms with van der Waals surface area (Å²) in [6.07, 6.45) is 1.49. The predicted octanol–water partition coefficient (Wildman–Crippen LogP) is 4.99. The highest BCUT2D eigenvalue weighted by molar-refractivity contribution is 9.11. The van der Waals surface area contributed by atoms with Gasteiger partial charge in [0, 0.05) is 4.47 Å². The van der Waals surface area contributed by atoms with Crippen molar-refractivity contribution in [1.29, 1.82) is 0 Å². The number of ether oxygens (including phenoxy) is 1. The largest absolute Gasteiger partial charge is 0.497 e. The minimum atomic E-state index is -0.0663. The number of halogens is 2. The van der Waals surface area contributed by atoms with E-state index in [9.17, 15) is 4.79 Å². The molecule has 0 saturated carbocycles. The van der Waals surface area contributed by atoms with E-state index in [0.29, 0.717) is 16.5 Å². The normalized spacial score (nSPS) is 10.8. The maximum absolute atomic E-state index is 12.7. The first kappa shape index (κ1) is 14.4. The van der Waals surface area contributed by atoms with Crippen molar-refractivity contribution in [1.82, 2.24) is 0 Å². The first-order valence-corrected chi connectivity index (χ1v) is 7.74. The zero-order valence-corrected chi connectivity index (χ0v) is 14.2. The van der Waals surface area contributed by atoms with Crippen molar-refractivity contribution in [2.24, 2.45) is 0 Å². The second kappa shape index (κ2) is 5.66. The third kappa shape index (κ3) is 2.63. The summed E-state index contributed by atoms with van der Waals surface area (Å²) in [7, 11) is 1.61. The van der Waals surface area contributed by atoms with Gasteiger partial charge in [-0.05, 0) is 45.8 Å². The first-order chi connectivity index (χ1) is 10.1. The molecule has 0 radical (unpaired) electrons. The van der Waals surface area contributed by atoms with Crippen LogP contribution in [0, 0.1) is 0 Å². The van der Waals surface area contributed by atoms with Gasteiger partial charge >= 0.3 is 0 Å². The van der Waals surface area contributed by atoms with Gasteiger partial charge in [-0.1, -0.05) is 28.1 Å². The average molecular weight is 410 g/mol. The fourth-order valence-corrected chi connectivity index (χ4v) is 3.45. The molecule has 0 atom stereocenters. The van der Waals surface area contributed by atoms with Crippen LogP contribution in [0.25, 0.3) is 22.1 Å². The van der Waals surface area contributed by atoms with Crippen LogP contribution in [0.5, 0.6) is 5.75 Å². The summed E-state index contributed by atoms with van der Waals surface area (Å²) in [5.74, 6) is 0.745. The summed E-state index contributed by atoms with van der Waals surface area (Å²) in [4.78, 5) is 12.7. The molecule has 21 heavy (non-hydrogen) atoms. The molecule has 0 fully saturated rings. The minimum absolute atomic E-state index is 0.0663. The molecule has 2 aromatic carbocycles. The van der Waals surface area contributed by atoms with Crippen molar-refractivity contribution >= 4 is 42.8 Å². The molecule has 0 amide bonds. The van der Waals surface area contributed by atoms with Crippen LogP contribution in [-0.2, 0) is 0 Å². The fraction of sp³-hybridized carbons (Fsp3) is 0.0625. The Morgan fingerprint density at radius 2 is 1.81 bits per heavy atom. The molecule has 1 heterocycles. The van der Waals surface area contributed by atoms with E-state index in [1.165, 1.54) is 6.26 Å². The summed E-state index contributed by atoms with van der Waals surface area (Å²) in [5.41, 5.74) is 1.79. The van der Waals surface area contributed by atoms with E-state index in [0.717, 1.165) is 20.3 Å². The summed E-state index contributed by atoms with van der Waals surface area (Å²) >= 11 is 6.79. The number of rotatable bonds is 2. The Morgan fingerprint density at radius 1 is 1.10 bits per heavy atom. The lowest BCUT2D eigenvalue weighted by molar-refractivity contribution is 0.415. The molecule has 1 aromatic heterocycles. The minimum Gasteiger partial charge on any atom is -0.497 e. The van der Waals surface area contributed by atoms with E-state index in [1.807, 2.05) is 30.3 Å². The maximum Gasteiger partial charge on any atom is 0.200 e.